The zero-order valence-corrected chi connectivity index (χ0v) is 18.5. The molecule has 2 amide bonds. The van der Waals surface area contributed by atoms with Crippen LogP contribution in [-0.2, 0) is 16.1 Å². The fourth-order valence-corrected chi connectivity index (χ4v) is 4.13. The molecule has 1 aliphatic rings. The highest BCUT2D eigenvalue weighted by Gasteiger charge is 2.27. The SMILES string of the molecule is CC1CC(C)CN(CC(C)NC(=O)[C@@H](NC(=O)OCc2ccccc2)C(C)C)C1. The number of alkyl carbamates (subject to hydrolysis) is 1. The van der Waals surface area contributed by atoms with E-state index in [1.807, 2.05) is 51.1 Å². The van der Waals surface area contributed by atoms with Gasteiger partial charge in [0.15, 0.2) is 0 Å². The third-order valence-corrected chi connectivity index (χ3v) is 5.30. The molecule has 6 heteroatoms. The van der Waals surface area contributed by atoms with Crippen molar-refractivity contribution in [1.82, 2.24) is 15.5 Å². The van der Waals surface area contributed by atoms with Crippen LogP contribution in [0.1, 0.15) is 46.6 Å². The average molecular weight is 404 g/mol. The maximum Gasteiger partial charge on any atom is 0.408 e. The van der Waals surface area contributed by atoms with Gasteiger partial charge < -0.3 is 20.3 Å². The zero-order valence-electron chi connectivity index (χ0n) is 18.5. The number of nitrogens with zero attached hydrogens (tertiary/aromatic N) is 1. The number of carbonyl (C=O) groups excluding carboxylic acids is 2. The van der Waals surface area contributed by atoms with E-state index in [1.54, 1.807) is 0 Å². The molecule has 1 saturated heterocycles. The second-order valence-corrected chi connectivity index (χ2v) is 9.00. The predicted octanol–water partition coefficient (Wildman–Crippen LogP) is 3.42. The molecule has 1 fully saturated rings. The van der Waals surface area contributed by atoms with E-state index in [9.17, 15) is 9.59 Å². The number of hydrogen-bond acceptors (Lipinski definition) is 4. The van der Waals surface area contributed by atoms with Gasteiger partial charge in [-0.15, -0.1) is 0 Å². The summed E-state index contributed by atoms with van der Waals surface area (Å²) in [6.07, 6.45) is 0.691. The summed E-state index contributed by atoms with van der Waals surface area (Å²) in [6, 6.07) is 8.88. The number of amides is 2. The second-order valence-electron chi connectivity index (χ2n) is 9.00. The minimum atomic E-state index is -0.625. The Balaban J connectivity index is 1.82. The number of benzene rings is 1. The van der Waals surface area contributed by atoms with Crippen LogP contribution in [0.4, 0.5) is 4.79 Å². The standard InChI is InChI=1S/C23H37N3O3/c1-16(2)21(25-23(28)29-15-20-9-7-6-8-10-20)22(27)24-19(5)14-26-12-17(3)11-18(4)13-26/h6-10,16-19,21H,11-15H2,1-5H3,(H,24,27)(H,25,28)/t17?,18?,19?,21-/m0/s1. The highest BCUT2D eigenvalue weighted by atomic mass is 16.5. The summed E-state index contributed by atoms with van der Waals surface area (Å²) in [5.41, 5.74) is 0.909. The van der Waals surface area contributed by atoms with Gasteiger partial charge in [-0.25, -0.2) is 4.79 Å². The fourth-order valence-electron chi connectivity index (χ4n) is 4.13. The van der Waals surface area contributed by atoms with Gasteiger partial charge in [-0.1, -0.05) is 58.0 Å². The first-order valence-corrected chi connectivity index (χ1v) is 10.7. The normalized spacial score (nSPS) is 22.0. The van der Waals surface area contributed by atoms with Crippen LogP contribution in [0.2, 0.25) is 0 Å². The largest absolute Gasteiger partial charge is 0.445 e. The van der Waals surface area contributed by atoms with Gasteiger partial charge in [0.1, 0.15) is 12.6 Å². The zero-order chi connectivity index (χ0) is 21.4. The maximum absolute atomic E-state index is 12.8. The smallest absolute Gasteiger partial charge is 0.408 e. The van der Waals surface area contributed by atoms with Gasteiger partial charge in [-0.2, -0.15) is 0 Å². The van der Waals surface area contributed by atoms with Crippen molar-refractivity contribution in [3.05, 3.63) is 35.9 Å². The first kappa shape index (κ1) is 23.2. The monoisotopic (exact) mass is 403 g/mol. The van der Waals surface area contributed by atoms with Gasteiger partial charge in [0.2, 0.25) is 5.91 Å². The van der Waals surface area contributed by atoms with Crippen LogP contribution in [0.25, 0.3) is 0 Å². The van der Waals surface area contributed by atoms with Crippen molar-refractivity contribution >= 4 is 12.0 Å². The molecule has 1 heterocycles. The highest BCUT2D eigenvalue weighted by Crippen LogP contribution is 2.20. The number of nitrogens with one attached hydrogen (secondary N) is 2. The van der Waals surface area contributed by atoms with Gasteiger partial charge >= 0.3 is 6.09 Å². The summed E-state index contributed by atoms with van der Waals surface area (Å²) >= 11 is 0. The molecule has 1 aromatic rings. The summed E-state index contributed by atoms with van der Waals surface area (Å²) in [7, 11) is 0. The lowest BCUT2D eigenvalue weighted by molar-refractivity contribution is -0.124. The van der Waals surface area contributed by atoms with Crippen LogP contribution in [0.5, 0.6) is 0 Å². The second kappa shape index (κ2) is 11.2. The third-order valence-electron chi connectivity index (χ3n) is 5.30. The summed E-state index contributed by atoms with van der Waals surface area (Å²) in [5.74, 6) is 1.17. The molecule has 162 valence electrons. The van der Waals surface area contributed by atoms with Gasteiger partial charge in [0, 0.05) is 25.7 Å². The molecule has 0 bridgehead atoms. The molecule has 29 heavy (non-hydrogen) atoms. The number of likely N-dealkylation sites (tertiary alicyclic amines) is 1. The van der Waals surface area contributed by atoms with Crippen LogP contribution in [0.3, 0.4) is 0 Å². The topological polar surface area (TPSA) is 70.7 Å². The summed E-state index contributed by atoms with van der Waals surface area (Å²) < 4.78 is 5.27. The van der Waals surface area contributed by atoms with Crippen molar-refractivity contribution in [3.8, 4) is 0 Å². The lowest BCUT2D eigenvalue weighted by atomic mass is 9.91. The van der Waals surface area contributed by atoms with Crippen LogP contribution in [0.15, 0.2) is 30.3 Å². The van der Waals surface area contributed by atoms with Crippen molar-refractivity contribution in [2.24, 2.45) is 17.8 Å². The van der Waals surface area contributed by atoms with E-state index in [4.69, 9.17) is 4.74 Å². The summed E-state index contributed by atoms with van der Waals surface area (Å²) in [4.78, 5) is 27.4. The first-order valence-electron chi connectivity index (χ1n) is 10.7. The molecule has 4 atom stereocenters. The Labute approximate surface area is 175 Å². The molecule has 2 rings (SSSR count). The highest BCUT2D eigenvalue weighted by molar-refractivity contribution is 5.86. The molecule has 0 saturated carbocycles. The molecule has 1 aromatic carbocycles. The quantitative estimate of drug-likeness (QED) is 0.698. The Kier molecular flexibility index (Phi) is 8.96. The minimum absolute atomic E-state index is 0.0170. The van der Waals surface area contributed by atoms with Gasteiger partial charge in [-0.3, -0.25) is 4.79 Å². The third kappa shape index (κ3) is 8.05. The van der Waals surface area contributed by atoms with Crippen molar-refractivity contribution in [2.75, 3.05) is 19.6 Å². The van der Waals surface area contributed by atoms with E-state index in [-0.39, 0.29) is 24.5 Å². The lowest BCUT2D eigenvalue weighted by Crippen LogP contribution is -2.54. The summed E-state index contributed by atoms with van der Waals surface area (Å²) in [6.45, 7) is 13.6. The number of carbonyl (C=O) groups is 2. The molecule has 6 nitrogen and oxygen atoms in total. The Morgan fingerprint density at radius 3 is 2.28 bits per heavy atom. The Bertz CT molecular complexity index is 640. The number of hydrogen-bond donors (Lipinski definition) is 2. The van der Waals surface area contributed by atoms with Crippen molar-refractivity contribution in [1.29, 1.82) is 0 Å². The van der Waals surface area contributed by atoms with E-state index in [2.05, 4.69) is 29.4 Å². The van der Waals surface area contributed by atoms with Gasteiger partial charge in [0.25, 0.3) is 0 Å². The van der Waals surface area contributed by atoms with E-state index >= 15 is 0 Å². The van der Waals surface area contributed by atoms with Crippen molar-refractivity contribution < 1.29 is 14.3 Å². The molecule has 0 spiro atoms. The average Bonchev–Trinajstić information content (AvgIpc) is 2.64. The molecule has 2 N–H and O–H groups in total. The van der Waals surface area contributed by atoms with Crippen LogP contribution >= 0.6 is 0 Å². The summed E-state index contributed by atoms with van der Waals surface area (Å²) in [5, 5.41) is 5.79. The number of ether oxygens (including phenoxy) is 1. The molecule has 1 aliphatic heterocycles. The minimum Gasteiger partial charge on any atom is -0.445 e. The molecule has 0 radical (unpaired) electrons. The van der Waals surface area contributed by atoms with E-state index < -0.39 is 12.1 Å². The predicted molar refractivity (Wildman–Crippen MR) is 115 cm³/mol. The maximum atomic E-state index is 12.8. The van der Waals surface area contributed by atoms with Crippen molar-refractivity contribution in [3.63, 3.8) is 0 Å². The van der Waals surface area contributed by atoms with Crippen LogP contribution in [-0.4, -0.2) is 48.6 Å². The van der Waals surface area contributed by atoms with Crippen LogP contribution < -0.4 is 10.6 Å². The fraction of sp³-hybridized carbons (Fsp3) is 0.652. The van der Waals surface area contributed by atoms with Crippen molar-refractivity contribution in [2.45, 2.75) is 59.7 Å². The Hall–Kier alpha value is -2.08. The lowest BCUT2D eigenvalue weighted by Gasteiger charge is -2.36. The van der Waals surface area contributed by atoms with E-state index in [0.29, 0.717) is 11.8 Å². The molecule has 0 aliphatic carbocycles. The van der Waals surface area contributed by atoms with E-state index in [0.717, 1.165) is 25.2 Å². The molecule has 3 unspecified atom stereocenters. The molecular weight excluding hydrogens is 366 g/mol. The van der Waals surface area contributed by atoms with E-state index in [1.165, 1.54) is 6.42 Å². The number of rotatable bonds is 8. The van der Waals surface area contributed by atoms with Gasteiger partial charge in [-0.05, 0) is 36.7 Å². The Morgan fingerprint density at radius 2 is 1.69 bits per heavy atom. The van der Waals surface area contributed by atoms with Gasteiger partial charge in [0.05, 0.1) is 0 Å². The number of piperidine rings is 1. The first-order chi connectivity index (χ1) is 13.7. The Morgan fingerprint density at radius 1 is 1.07 bits per heavy atom. The van der Waals surface area contributed by atoms with Crippen LogP contribution in [0, 0.1) is 17.8 Å². The molecular formula is C23H37N3O3. The molecule has 0 aromatic heterocycles.